The standard InChI is InChI=1S/C11H20N2O/c1-5-8-10(4)12-9-11(14)13(6-2)7-3/h1,10,12H,6-9H2,2-4H3. The van der Waals surface area contributed by atoms with Gasteiger partial charge in [-0.1, -0.05) is 0 Å². The highest BCUT2D eigenvalue weighted by Crippen LogP contribution is 1.90. The van der Waals surface area contributed by atoms with E-state index < -0.39 is 0 Å². The van der Waals surface area contributed by atoms with E-state index in [9.17, 15) is 4.79 Å². The molecule has 1 amide bonds. The van der Waals surface area contributed by atoms with Crippen molar-refractivity contribution in [3.05, 3.63) is 0 Å². The number of hydrogen-bond donors (Lipinski definition) is 1. The van der Waals surface area contributed by atoms with Gasteiger partial charge in [-0.3, -0.25) is 4.79 Å². The SMILES string of the molecule is C#CCC(C)NCC(=O)N(CC)CC. The van der Waals surface area contributed by atoms with Crippen LogP contribution in [0.25, 0.3) is 0 Å². The van der Waals surface area contributed by atoms with Crippen LogP contribution in [0.1, 0.15) is 27.2 Å². The molecule has 0 heterocycles. The molecule has 0 fully saturated rings. The number of nitrogens with zero attached hydrogens (tertiary/aromatic N) is 1. The van der Waals surface area contributed by atoms with Crippen molar-refractivity contribution in [1.29, 1.82) is 0 Å². The van der Waals surface area contributed by atoms with Gasteiger partial charge >= 0.3 is 0 Å². The van der Waals surface area contributed by atoms with Crippen LogP contribution in [-0.2, 0) is 4.79 Å². The van der Waals surface area contributed by atoms with Gasteiger partial charge in [-0.15, -0.1) is 12.3 Å². The molecule has 0 saturated heterocycles. The number of terminal acetylenes is 1. The number of carbonyl (C=O) groups is 1. The molecule has 3 nitrogen and oxygen atoms in total. The molecule has 1 atom stereocenters. The highest BCUT2D eigenvalue weighted by molar-refractivity contribution is 5.78. The highest BCUT2D eigenvalue weighted by Gasteiger charge is 2.09. The average Bonchev–Trinajstić information content (AvgIpc) is 2.17. The summed E-state index contributed by atoms with van der Waals surface area (Å²) in [5.41, 5.74) is 0. The number of nitrogens with one attached hydrogen (secondary N) is 1. The fourth-order valence-electron chi connectivity index (χ4n) is 1.20. The monoisotopic (exact) mass is 196 g/mol. The van der Waals surface area contributed by atoms with Gasteiger partial charge in [0, 0.05) is 25.6 Å². The van der Waals surface area contributed by atoms with Crippen LogP contribution in [-0.4, -0.2) is 36.5 Å². The Hall–Kier alpha value is -1.01. The molecular weight excluding hydrogens is 176 g/mol. The number of carbonyl (C=O) groups excluding carboxylic acids is 1. The summed E-state index contributed by atoms with van der Waals surface area (Å²) in [7, 11) is 0. The molecule has 1 unspecified atom stereocenters. The van der Waals surface area contributed by atoms with Gasteiger partial charge in [-0.25, -0.2) is 0 Å². The summed E-state index contributed by atoms with van der Waals surface area (Å²) in [5.74, 6) is 2.70. The second-order valence-corrected chi connectivity index (χ2v) is 3.26. The Kier molecular flexibility index (Phi) is 6.87. The molecule has 0 aliphatic heterocycles. The van der Waals surface area contributed by atoms with E-state index in [1.165, 1.54) is 0 Å². The predicted molar refractivity (Wildman–Crippen MR) is 58.8 cm³/mol. The van der Waals surface area contributed by atoms with E-state index in [1.54, 1.807) is 4.90 Å². The lowest BCUT2D eigenvalue weighted by Gasteiger charge is -2.20. The Labute approximate surface area is 86.9 Å². The zero-order chi connectivity index (χ0) is 11.0. The first kappa shape index (κ1) is 13.0. The third-order valence-corrected chi connectivity index (χ3v) is 2.14. The molecule has 0 aliphatic rings. The number of rotatable bonds is 6. The van der Waals surface area contributed by atoms with Crippen LogP contribution in [0, 0.1) is 12.3 Å². The molecule has 0 bridgehead atoms. The van der Waals surface area contributed by atoms with Gasteiger partial charge < -0.3 is 10.2 Å². The first-order valence-corrected chi connectivity index (χ1v) is 5.10. The van der Waals surface area contributed by atoms with Crippen molar-refractivity contribution in [3.63, 3.8) is 0 Å². The summed E-state index contributed by atoms with van der Waals surface area (Å²) >= 11 is 0. The van der Waals surface area contributed by atoms with Crippen molar-refractivity contribution in [1.82, 2.24) is 10.2 Å². The smallest absolute Gasteiger partial charge is 0.236 e. The number of hydrogen-bond acceptors (Lipinski definition) is 2. The van der Waals surface area contributed by atoms with E-state index in [0.717, 1.165) is 13.1 Å². The summed E-state index contributed by atoms with van der Waals surface area (Å²) < 4.78 is 0. The van der Waals surface area contributed by atoms with Gasteiger partial charge in [0.25, 0.3) is 0 Å². The largest absolute Gasteiger partial charge is 0.342 e. The fourth-order valence-corrected chi connectivity index (χ4v) is 1.20. The molecule has 0 aliphatic carbocycles. The quantitative estimate of drug-likeness (QED) is 0.639. The van der Waals surface area contributed by atoms with E-state index >= 15 is 0 Å². The zero-order valence-electron chi connectivity index (χ0n) is 9.34. The third-order valence-electron chi connectivity index (χ3n) is 2.14. The van der Waals surface area contributed by atoms with Crippen LogP contribution in [0.3, 0.4) is 0 Å². The van der Waals surface area contributed by atoms with Crippen molar-refractivity contribution in [2.75, 3.05) is 19.6 Å². The van der Waals surface area contributed by atoms with Crippen LogP contribution < -0.4 is 5.32 Å². The molecule has 1 N–H and O–H groups in total. The summed E-state index contributed by atoms with van der Waals surface area (Å²) in [4.78, 5) is 13.3. The van der Waals surface area contributed by atoms with E-state index in [-0.39, 0.29) is 11.9 Å². The minimum atomic E-state index is 0.138. The average molecular weight is 196 g/mol. The van der Waals surface area contributed by atoms with Gasteiger partial charge in [0.2, 0.25) is 5.91 Å². The lowest BCUT2D eigenvalue weighted by atomic mass is 10.2. The van der Waals surface area contributed by atoms with Gasteiger partial charge in [-0.2, -0.15) is 0 Å². The van der Waals surface area contributed by atoms with Crippen LogP contribution in [0.15, 0.2) is 0 Å². The Bertz CT molecular complexity index is 204. The molecule has 0 saturated carbocycles. The Morgan fingerprint density at radius 3 is 2.50 bits per heavy atom. The lowest BCUT2D eigenvalue weighted by Crippen LogP contribution is -2.40. The van der Waals surface area contributed by atoms with Gasteiger partial charge in [-0.05, 0) is 20.8 Å². The van der Waals surface area contributed by atoms with Gasteiger partial charge in [0.15, 0.2) is 0 Å². The second kappa shape index (κ2) is 7.40. The maximum Gasteiger partial charge on any atom is 0.236 e. The topological polar surface area (TPSA) is 32.3 Å². The van der Waals surface area contributed by atoms with E-state index in [2.05, 4.69) is 11.2 Å². The first-order chi connectivity index (χ1) is 6.65. The lowest BCUT2D eigenvalue weighted by molar-refractivity contribution is -0.129. The van der Waals surface area contributed by atoms with E-state index in [4.69, 9.17) is 6.42 Å². The Morgan fingerprint density at radius 1 is 1.50 bits per heavy atom. The minimum Gasteiger partial charge on any atom is -0.342 e. The van der Waals surface area contributed by atoms with Gasteiger partial charge in [0.05, 0.1) is 6.54 Å². The fraction of sp³-hybridized carbons (Fsp3) is 0.727. The zero-order valence-corrected chi connectivity index (χ0v) is 9.34. The molecule has 0 rings (SSSR count). The summed E-state index contributed by atoms with van der Waals surface area (Å²) in [6.45, 7) is 7.85. The van der Waals surface area contributed by atoms with E-state index in [0.29, 0.717) is 13.0 Å². The highest BCUT2D eigenvalue weighted by atomic mass is 16.2. The molecule has 0 aromatic rings. The van der Waals surface area contributed by atoms with Crippen LogP contribution >= 0.6 is 0 Å². The summed E-state index contributed by atoms with van der Waals surface area (Å²) in [6, 6.07) is 0.208. The Balaban J connectivity index is 3.78. The Morgan fingerprint density at radius 2 is 2.07 bits per heavy atom. The van der Waals surface area contributed by atoms with Gasteiger partial charge in [0.1, 0.15) is 0 Å². The van der Waals surface area contributed by atoms with E-state index in [1.807, 2.05) is 20.8 Å². The van der Waals surface area contributed by atoms with Crippen LogP contribution in [0.2, 0.25) is 0 Å². The molecule has 0 radical (unpaired) electrons. The molecule has 80 valence electrons. The third kappa shape index (κ3) is 4.88. The van der Waals surface area contributed by atoms with Crippen molar-refractivity contribution < 1.29 is 4.79 Å². The summed E-state index contributed by atoms with van der Waals surface area (Å²) in [6.07, 6.45) is 5.82. The molecule has 0 aromatic heterocycles. The molecule has 3 heteroatoms. The van der Waals surface area contributed by atoms with Crippen molar-refractivity contribution in [3.8, 4) is 12.3 Å². The van der Waals surface area contributed by atoms with Crippen molar-refractivity contribution >= 4 is 5.91 Å². The first-order valence-electron chi connectivity index (χ1n) is 5.10. The number of amides is 1. The molecule has 14 heavy (non-hydrogen) atoms. The van der Waals surface area contributed by atoms with Crippen LogP contribution in [0.4, 0.5) is 0 Å². The second-order valence-electron chi connectivity index (χ2n) is 3.26. The summed E-state index contributed by atoms with van der Waals surface area (Å²) in [5, 5.41) is 3.10. The normalized spacial score (nSPS) is 11.9. The molecule has 0 aromatic carbocycles. The predicted octanol–water partition coefficient (Wildman–Crippen LogP) is 0.856. The van der Waals surface area contributed by atoms with Crippen molar-refractivity contribution in [2.45, 2.75) is 33.2 Å². The maximum absolute atomic E-state index is 11.5. The maximum atomic E-state index is 11.5. The van der Waals surface area contributed by atoms with Crippen LogP contribution in [0.5, 0.6) is 0 Å². The van der Waals surface area contributed by atoms with Crippen molar-refractivity contribution in [2.24, 2.45) is 0 Å². The minimum absolute atomic E-state index is 0.138. The molecule has 0 spiro atoms. The number of likely N-dealkylation sites (N-methyl/N-ethyl adjacent to an activating group) is 1. The molecular formula is C11H20N2O.